The van der Waals surface area contributed by atoms with Crippen LogP contribution in [0.15, 0.2) is 18.2 Å². The van der Waals surface area contributed by atoms with E-state index in [0.29, 0.717) is 5.52 Å². The van der Waals surface area contributed by atoms with Gasteiger partial charge in [-0.15, -0.1) is 0 Å². The SMILES string of the molecule is O=[N+]([O-])c1nc2c(CCN3CCOCC3)cccc2[nH]1. The molecule has 0 saturated carbocycles. The molecule has 0 unspecified atom stereocenters. The van der Waals surface area contributed by atoms with Crippen LogP contribution in [0.5, 0.6) is 0 Å². The number of hydrogen-bond acceptors (Lipinski definition) is 5. The van der Waals surface area contributed by atoms with Crippen molar-refractivity contribution in [1.82, 2.24) is 14.9 Å². The normalized spacial score (nSPS) is 16.6. The van der Waals surface area contributed by atoms with E-state index in [0.717, 1.165) is 50.3 Å². The Balaban J connectivity index is 1.78. The largest absolute Gasteiger partial charge is 0.433 e. The second-order valence-corrected chi connectivity index (χ2v) is 4.83. The number of hydrogen-bond donors (Lipinski definition) is 1. The van der Waals surface area contributed by atoms with Gasteiger partial charge in [0.25, 0.3) is 0 Å². The first kappa shape index (κ1) is 13.0. The number of rotatable bonds is 4. The summed E-state index contributed by atoms with van der Waals surface area (Å²) in [6.45, 7) is 4.35. The predicted molar refractivity (Wildman–Crippen MR) is 73.7 cm³/mol. The lowest BCUT2D eigenvalue weighted by Gasteiger charge is -2.26. The minimum absolute atomic E-state index is 0.196. The monoisotopic (exact) mass is 276 g/mol. The summed E-state index contributed by atoms with van der Waals surface area (Å²) in [6, 6.07) is 5.69. The minimum Gasteiger partial charge on any atom is -0.390 e. The van der Waals surface area contributed by atoms with Crippen molar-refractivity contribution >= 4 is 17.0 Å². The van der Waals surface area contributed by atoms with Crippen LogP contribution in [0.1, 0.15) is 5.56 Å². The van der Waals surface area contributed by atoms with Crippen LogP contribution in [0.3, 0.4) is 0 Å². The zero-order valence-corrected chi connectivity index (χ0v) is 11.0. The average Bonchev–Trinajstić information content (AvgIpc) is 2.91. The van der Waals surface area contributed by atoms with Crippen LogP contribution in [0.4, 0.5) is 5.95 Å². The summed E-state index contributed by atoms with van der Waals surface area (Å²) in [5, 5.41) is 10.8. The van der Waals surface area contributed by atoms with E-state index in [1.807, 2.05) is 18.2 Å². The molecule has 1 aliphatic heterocycles. The number of nitro groups is 1. The second-order valence-electron chi connectivity index (χ2n) is 4.83. The van der Waals surface area contributed by atoms with E-state index >= 15 is 0 Å². The number of para-hydroxylation sites is 1. The molecule has 0 bridgehead atoms. The summed E-state index contributed by atoms with van der Waals surface area (Å²) >= 11 is 0. The number of fused-ring (bicyclic) bond motifs is 1. The lowest BCUT2D eigenvalue weighted by Crippen LogP contribution is -2.37. The number of morpholine rings is 1. The quantitative estimate of drug-likeness (QED) is 0.673. The molecule has 106 valence electrons. The summed E-state index contributed by atoms with van der Waals surface area (Å²) in [6.07, 6.45) is 0.833. The van der Waals surface area contributed by atoms with Gasteiger partial charge >= 0.3 is 5.95 Å². The molecular formula is C13H16N4O3. The number of nitrogens with zero attached hydrogens (tertiary/aromatic N) is 3. The molecule has 0 amide bonds. The standard InChI is InChI=1S/C13H16N4O3/c18-17(19)13-14-11-3-1-2-10(12(11)15-13)4-5-16-6-8-20-9-7-16/h1-3H,4-9H2,(H,14,15). The molecule has 1 aliphatic rings. The molecule has 0 spiro atoms. The van der Waals surface area contributed by atoms with Crippen molar-refractivity contribution in [3.05, 3.63) is 33.9 Å². The molecule has 3 rings (SSSR count). The molecule has 20 heavy (non-hydrogen) atoms. The summed E-state index contributed by atoms with van der Waals surface area (Å²) in [5.41, 5.74) is 2.46. The lowest BCUT2D eigenvalue weighted by atomic mass is 10.1. The van der Waals surface area contributed by atoms with Crippen molar-refractivity contribution in [2.24, 2.45) is 0 Å². The third-order valence-electron chi connectivity index (χ3n) is 3.56. The zero-order valence-electron chi connectivity index (χ0n) is 11.0. The number of aromatic nitrogens is 2. The molecule has 1 aromatic carbocycles. The Labute approximate surface area is 115 Å². The molecule has 2 aromatic rings. The van der Waals surface area contributed by atoms with Gasteiger partial charge in [-0.1, -0.05) is 17.1 Å². The first-order valence-corrected chi connectivity index (χ1v) is 6.66. The fourth-order valence-electron chi connectivity index (χ4n) is 2.47. The van der Waals surface area contributed by atoms with Gasteiger partial charge in [0.05, 0.1) is 13.2 Å². The summed E-state index contributed by atoms with van der Waals surface area (Å²) in [5.74, 6) is -0.196. The number of H-pyrrole nitrogens is 1. The van der Waals surface area contributed by atoms with E-state index < -0.39 is 4.92 Å². The van der Waals surface area contributed by atoms with Crippen LogP contribution < -0.4 is 0 Å². The summed E-state index contributed by atoms with van der Waals surface area (Å²) in [7, 11) is 0. The molecule has 7 nitrogen and oxygen atoms in total. The Hall–Kier alpha value is -1.99. The van der Waals surface area contributed by atoms with Crippen molar-refractivity contribution in [1.29, 1.82) is 0 Å². The van der Waals surface area contributed by atoms with Gasteiger partial charge < -0.3 is 14.9 Å². The van der Waals surface area contributed by atoms with Crippen LogP contribution >= 0.6 is 0 Å². The molecule has 7 heteroatoms. The van der Waals surface area contributed by atoms with Crippen molar-refractivity contribution < 1.29 is 9.66 Å². The Bertz CT molecular complexity index is 619. The van der Waals surface area contributed by atoms with Crippen molar-refractivity contribution in [2.45, 2.75) is 6.42 Å². The van der Waals surface area contributed by atoms with Crippen LogP contribution in [0, 0.1) is 10.1 Å². The molecule has 1 aromatic heterocycles. The van der Waals surface area contributed by atoms with Gasteiger partial charge in [-0.05, 0) is 23.0 Å². The highest BCUT2D eigenvalue weighted by Gasteiger charge is 2.17. The average molecular weight is 276 g/mol. The Morgan fingerprint density at radius 2 is 2.20 bits per heavy atom. The first-order valence-electron chi connectivity index (χ1n) is 6.66. The zero-order chi connectivity index (χ0) is 13.9. The highest BCUT2D eigenvalue weighted by Crippen LogP contribution is 2.20. The van der Waals surface area contributed by atoms with Gasteiger partial charge in [0.1, 0.15) is 5.52 Å². The maximum Gasteiger partial charge on any atom is 0.433 e. The van der Waals surface area contributed by atoms with E-state index in [2.05, 4.69) is 14.9 Å². The Kier molecular flexibility index (Phi) is 3.62. The fraction of sp³-hybridized carbons (Fsp3) is 0.462. The molecule has 0 aliphatic carbocycles. The van der Waals surface area contributed by atoms with Gasteiger partial charge in [-0.25, -0.2) is 4.98 Å². The minimum atomic E-state index is -0.494. The molecule has 1 fully saturated rings. The highest BCUT2D eigenvalue weighted by atomic mass is 16.6. The Morgan fingerprint density at radius 1 is 1.40 bits per heavy atom. The number of aromatic amines is 1. The molecule has 0 atom stereocenters. The van der Waals surface area contributed by atoms with Gasteiger partial charge in [0, 0.05) is 19.6 Å². The van der Waals surface area contributed by atoms with Crippen LogP contribution in [0.25, 0.3) is 11.0 Å². The van der Waals surface area contributed by atoms with Crippen LogP contribution in [-0.2, 0) is 11.2 Å². The summed E-state index contributed by atoms with van der Waals surface area (Å²) < 4.78 is 5.32. The van der Waals surface area contributed by atoms with Gasteiger partial charge in [0.15, 0.2) is 5.52 Å². The first-order chi connectivity index (χ1) is 9.74. The molecular weight excluding hydrogens is 260 g/mol. The van der Waals surface area contributed by atoms with Gasteiger partial charge in [0.2, 0.25) is 0 Å². The maximum atomic E-state index is 10.8. The molecule has 2 heterocycles. The second kappa shape index (κ2) is 5.56. The number of imidazole rings is 1. The van der Waals surface area contributed by atoms with Crippen LogP contribution in [0.2, 0.25) is 0 Å². The van der Waals surface area contributed by atoms with Gasteiger partial charge in [-0.2, -0.15) is 0 Å². The van der Waals surface area contributed by atoms with Crippen LogP contribution in [-0.4, -0.2) is 52.6 Å². The Morgan fingerprint density at radius 3 is 2.95 bits per heavy atom. The van der Waals surface area contributed by atoms with Crippen molar-refractivity contribution in [3.63, 3.8) is 0 Å². The third kappa shape index (κ3) is 2.63. The molecule has 1 N–H and O–H groups in total. The van der Waals surface area contributed by atoms with Crippen molar-refractivity contribution in [2.75, 3.05) is 32.8 Å². The number of benzene rings is 1. The van der Waals surface area contributed by atoms with Gasteiger partial charge in [-0.3, -0.25) is 4.90 Å². The smallest absolute Gasteiger partial charge is 0.390 e. The van der Waals surface area contributed by atoms with E-state index in [4.69, 9.17) is 4.74 Å². The molecule has 0 radical (unpaired) electrons. The highest BCUT2D eigenvalue weighted by molar-refractivity contribution is 5.80. The van der Waals surface area contributed by atoms with Crippen molar-refractivity contribution in [3.8, 4) is 0 Å². The number of ether oxygens (including phenoxy) is 1. The predicted octanol–water partition coefficient (Wildman–Crippen LogP) is 1.35. The third-order valence-corrected chi connectivity index (χ3v) is 3.56. The number of nitrogens with one attached hydrogen (secondary N) is 1. The van der Waals surface area contributed by atoms with E-state index in [9.17, 15) is 10.1 Å². The summed E-state index contributed by atoms with van der Waals surface area (Å²) in [4.78, 5) is 19.4. The van der Waals surface area contributed by atoms with E-state index in [-0.39, 0.29) is 5.95 Å². The lowest BCUT2D eigenvalue weighted by molar-refractivity contribution is -0.393. The topological polar surface area (TPSA) is 84.3 Å². The molecule has 1 saturated heterocycles. The van der Waals surface area contributed by atoms with E-state index in [1.165, 1.54) is 0 Å². The van der Waals surface area contributed by atoms with E-state index in [1.54, 1.807) is 0 Å². The maximum absolute atomic E-state index is 10.8. The fourth-order valence-corrected chi connectivity index (χ4v) is 2.47.